The Morgan fingerprint density at radius 3 is 2.53 bits per heavy atom. The van der Waals surface area contributed by atoms with Crippen LogP contribution in [0, 0.1) is 0 Å². The fourth-order valence-electron chi connectivity index (χ4n) is 3.20. The lowest BCUT2D eigenvalue weighted by Gasteiger charge is -2.32. The van der Waals surface area contributed by atoms with Crippen molar-refractivity contribution in [2.24, 2.45) is 4.99 Å². The number of amides is 2. The number of hydrogen-bond donors (Lipinski definition) is 2. The number of aryl methyl sites for hydroxylation is 1. The Balaban J connectivity index is 1.84. The number of likely N-dealkylation sites (N-methyl/N-ethyl adjacent to an activating group) is 1. The Morgan fingerprint density at radius 2 is 1.90 bits per heavy atom. The van der Waals surface area contributed by atoms with Crippen LogP contribution < -0.4 is 10.6 Å². The first-order valence-corrected chi connectivity index (χ1v) is 10.7. The van der Waals surface area contributed by atoms with Crippen molar-refractivity contribution < 1.29 is 14.3 Å². The van der Waals surface area contributed by atoms with Gasteiger partial charge < -0.3 is 25.2 Å². The van der Waals surface area contributed by atoms with Gasteiger partial charge in [0.2, 0.25) is 5.91 Å². The number of nitrogens with one attached hydrogen (secondary N) is 2. The highest BCUT2D eigenvalue weighted by Gasteiger charge is 2.24. The van der Waals surface area contributed by atoms with Crippen molar-refractivity contribution in [2.45, 2.75) is 38.6 Å². The minimum absolute atomic E-state index is 0.0440. The largest absolute Gasteiger partial charge is 0.450 e. The van der Waals surface area contributed by atoms with Crippen LogP contribution in [0.3, 0.4) is 0 Å². The van der Waals surface area contributed by atoms with E-state index >= 15 is 0 Å². The molecule has 0 saturated carbocycles. The second-order valence-electron chi connectivity index (χ2n) is 7.57. The summed E-state index contributed by atoms with van der Waals surface area (Å²) in [5, 5.41) is 6.78. The molecule has 1 saturated heterocycles. The molecule has 1 fully saturated rings. The van der Waals surface area contributed by atoms with Crippen LogP contribution in [-0.2, 0) is 16.0 Å². The van der Waals surface area contributed by atoms with Gasteiger partial charge in [-0.15, -0.1) is 0 Å². The molecule has 166 valence electrons. The fraction of sp³-hybridized carbons (Fsp3) is 0.591. The van der Waals surface area contributed by atoms with Crippen molar-refractivity contribution in [1.29, 1.82) is 0 Å². The van der Waals surface area contributed by atoms with Crippen LogP contribution in [0.2, 0.25) is 0 Å². The Kier molecular flexibility index (Phi) is 9.97. The number of piperidine rings is 1. The van der Waals surface area contributed by atoms with E-state index in [-0.39, 0.29) is 24.6 Å². The minimum Gasteiger partial charge on any atom is -0.450 e. The predicted octanol–water partition coefficient (Wildman–Crippen LogP) is 1.86. The zero-order valence-corrected chi connectivity index (χ0v) is 18.4. The van der Waals surface area contributed by atoms with Crippen LogP contribution in [0.15, 0.2) is 35.3 Å². The lowest BCUT2D eigenvalue weighted by Crippen LogP contribution is -2.50. The Labute approximate surface area is 179 Å². The van der Waals surface area contributed by atoms with Gasteiger partial charge in [0, 0.05) is 39.8 Å². The number of guanidine groups is 1. The number of hydrogen-bond acceptors (Lipinski definition) is 4. The van der Waals surface area contributed by atoms with Crippen LogP contribution >= 0.6 is 0 Å². The quantitative estimate of drug-likeness (QED) is 0.383. The van der Waals surface area contributed by atoms with Crippen LogP contribution in [0.4, 0.5) is 4.79 Å². The third-order valence-corrected chi connectivity index (χ3v) is 5.01. The molecule has 0 bridgehead atoms. The van der Waals surface area contributed by atoms with Crippen LogP contribution in [-0.4, -0.2) is 80.7 Å². The normalized spacial score (nSPS) is 14.9. The zero-order valence-electron chi connectivity index (χ0n) is 18.4. The summed E-state index contributed by atoms with van der Waals surface area (Å²) in [6.07, 6.45) is 3.32. The first kappa shape index (κ1) is 23.5. The van der Waals surface area contributed by atoms with Crippen molar-refractivity contribution in [3.63, 3.8) is 0 Å². The van der Waals surface area contributed by atoms with Gasteiger partial charge >= 0.3 is 6.09 Å². The molecule has 8 heteroatoms. The average Bonchev–Trinajstić information content (AvgIpc) is 2.75. The Hall–Kier alpha value is -2.77. The summed E-state index contributed by atoms with van der Waals surface area (Å²) in [7, 11) is 3.45. The van der Waals surface area contributed by atoms with Gasteiger partial charge in [0.15, 0.2) is 5.96 Å². The lowest BCUT2D eigenvalue weighted by atomic mass is 10.1. The van der Waals surface area contributed by atoms with E-state index in [1.807, 2.05) is 25.1 Å². The second-order valence-corrected chi connectivity index (χ2v) is 7.57. The summed E-state index contributed by atoms with van der Waals surface area (Å²) < 4.78 is 5.08. The van der Waals surface area contributed by atoms with Crippen LogP contribution in [0.25, 0.3) is 0 Å². The SMILES string of the molecule is CCOC(=O)N1CCC(NC(=NCC(=O)N(C)C)NCCCc2ccccc2)CC1. The summed E-state index contributed by atoms with van der Waals surface area (Å²) in [4.78, 5) is 31.5. The van der Waals surface area contributed by atoms with E-state index in [9.17, 15) is 9.59 Å². The van der Waals surface area contributed by atoms with Gasteiger partial charge in [-0.25, -0.2) is 9.79 Å². The maximum absolute atomic E-state index is 11.9. The Bertz CT molecular complexity index is 685. The summed E-state index contributed by atoms with van der Waals surface area (Å²) in [5.74, 6) is 0.602. The van der Waals surface area contributed by atoms with Gasteiger partial charge in [-0.05, 0) is 38.2 Å². The first-order valence-electron chi connectivity index (χ1n) is 10.7. The van der Waals surface area contributed by atoms with E-state index < -0.39 is 0 Å². The number of carbonyl (C=O) groups is 2. The van der Waals surface area contributed by atoms with E-state index in [0.29, 0.717) is 25.7 Å². The van der Waals surface area contributed by atoms with Crippen LogP contribution in [0.1, 0.15) is 31.7 Å². The number of carbonyl (C=O) groups excluding carboxylic acids is 2. The smallest absolute Gasteiger partial charge is 0.409 e. The molecular formula is C22H35N5O3. The summed E-state index contributed by atoms with van der Waals surface area (Å²) in [5.41, 5.74) is 1.31. The van der Waals surface area contributed by atoms with Crippen LogP contribution in [0.5, 0.6) is 0 Å². The summed E-state index contributed by atoms with van der Waals surface area (Å²) in [6, 6.07) is 10.6. The number of aliphatic imine (C=N–C) groups is 1. The van der Waals surface area contributed by atoms with Crippen molar-refractivity contribution in [3.05, 3.63) is 35.9 Å². The van der Waals surface area contributed by atoms with Crippen molar-refractivity contribution in [1.82, 2.24) is 20.4 Å². The van der Waals surface area contributed by atoms with Gasteiger partial charge in [0.1, 0.15) is 6.54 Å². The molecule has 2 amide bonds. The third-order valence-electron chi connectivity index (χ3n) is 5.01. The number of nitrogens with zero attached hydrogens (tertiary/aromatic N) is 3. The zero-order chi connectivity index (χ0) is 21.8. The van der Waals surface area contributed by atoms with E-state index in [0.717, 1.165) is 32.2 Å². The molecule has 0 atom stereocenters. The summed E-state index contributed by atoms with van der Waals surface area (Å²) >= 11 is 0. The van der Waals surface area contributed by atoms with Gasteiger partial charge in [-0.2, -0.15) is 0 Å². The van der Waals surface area contributed by atoms with E-state index in [1.54, 1.807) is 19.0 Å². The van der Waals surface area contributed by atoms with Gasteiger partial charge in [-0.3, -0.25) is 4.79 Å². The fourth-order valence-corrected chi connectivity index (χ4v) is 3.20. The average molecular weight is 418 g/mol. The molecule has 1 aliphatic heterocycles. The molecule has 1 aromatic carbocycles. The molecule has 0 aromatic heterocycles. The highest BCUT2D eigenvalue weighted by molar-refractivity contribution is 5.85. The number of rotatable bonds is 8. The van der Waals surface area contributed by atoms with Gasteiger partial charge in [-0.1, -0.05) is 30.3 Å². The molecule has 30 heavy (non-hydrogen) atoms. The van der Waals surface area contributed by atoms with Crippen molar-refractivity contribution in [3.8, 4) is 0 Å². The molecule has 2 N–H and O–H groups in total. The number of benzene rings is 1. The monoisotopic (exact) mass is 417 g/mol. The van der Waals surface area contributed by atoms with E-state index in [1.165, 1.54) is 10.5 Å². The van der Waals surface area contributed by atoms with E-state index in [4.69, 9.17) is 4.74 Å². The molecule has 0 spiro atoms. The Morgan fingerprint density at radius 1 is 1.20 bits per heavy atom. The maximum Gasteiger partial charge on any atom is 0.409 e. The number of ether oxygens (including phenoxy) is 1. The standard InChI is InChI=1S/C22H35N5O3/c1-4-30-22(29)27-15-12-19(13-16-27)25-21(24-17-20(28)26(2)3)23-14-8-11-18-9-6-5-7-10-18/h5-7,9-10,19H,4,8,11-17H2,1-3H3,(H2,23,24,25). The van der Waals surface area contributed by atoms with Crippen molar-refractivity contribution in [2.75, 3.05) is 46.9 Å². The highest BCUT2D eigenvalue weighted by atomic mass is 16.6. The molecule has 0 aliphatic carbocycles. The molecule has 1 aliphatic rings. The van der Waals surface area contributed by atoms with Gasteiger partial charge in [0.25, 0.3) is 0 Å². The third kappa shape index (κ3) is 8.31. The molecule has 8 nitrogen and oxygen atoms in total. The second kappa shape index (κ2) is 12.7. The molecule has 0 unspecified atom stereocenters. The topological polar surface area (TPSA) is 86.3 Å². The lowest BCUT2D eigenvalue weighted by molar-refractivity contribution is -0.127. The van der Waals surface area contributed by atoms with Gasteiger partial charge in [0.05, 0.1) is 6.61 Å². The van der Waals surface area contributed by atoms with E-state index in [2.05, 4.69) is 27.8 Å². The molecule has 1 aromatic rings. The highest BCUT2D eigenvalue weighted by Crippen LogP contribution is 2.11. The predicted molar refractivity (Wildman–Crippen MR) is 119 cm³/mol. The maximum atomic E-state index is 11.9. The first-order chi connectivity index (χ1) is 14.5. The molecule has 1 heterocycles. The molecule has 2 rings (SSSR count). The molecule has 0 radical (unpaired) electrons. The van der Waals surface area contributed by atoms with Crippen molar-refractivity contribution >= 4 is 18.0 Å². The number of likely N-dealkylation sites (tertiary alicyclic amines) is 1. The molecular weight excluding hydrogens is 382 g/mol. The summed E-state index contributed by atoms with van der Waals surface area (Å²) in [6.45, 7) is 4.36. The minimum atomic E-state index is -0.250.